The van der Waals surface area contributed by atoms with Gasteiger partial charge in [-0.3, -0.25) is 0 Å². The minimum Gasteiger partial charge on any atom is -0.667 e. The molecule has 2 heterocycles. The van der Waals surface area contributed by atoms with Crippen molar-refractivity contribution < 1.29 is 25.8 Å². The largest absolute Gasteiger partial charge is 4.00 e. The molecule has 0 saturated heterocycles. The molecule has 2 rings (SSSR count). The van der Waals surface area contributed by atoms with E-state index in [1.807, 2.05) is 24.5 Å². The molecule has 0 spiro atoms. The van der Waals surface area contributed by atoms with Gasteiger partial charge >= 0.3 is 25.8 Å². The summed E-state index contributed by atoms with van der Waals surface area (Å²) in [4.78, 5) is 13.1. The minimum absolute atomic E-state index is 0. The van der Waals surface area contributed by atoms with Crippen molar-refractivity contribution in [2.24, 2.45) is 0 Å². The summed E-state index contributed by atoms with van der Waals surface area (Å²) in [6, 6.07) is 8.09. The summed E-state index contributed by atoms with van der Waals surface area (Å²) in [5, 5.41) is 0. The van der Waals surface area contributed by atoms with Crippen LogP contribution >= 0.6 is 0 Å². The molecular weight excluding hydrogens is 427 g/mol. The van der Waals surface area contributed by atoms with Gasteiger partial charge in [-0.15, -0.1) is 11.4 Å². The predicted molar refractivity (Wildman–Crippen MR) is 85.0 cm³/mol. The van der Waals surface area contributed by atoms with Gasteiger partial charge in [-0.2, -0.15) is 12.4 Å². The Labute approximate surface area is 148 Å². The molecule has 0 fully saturated rings. The van der Waals surface area contributed by atoms with E-state index in [0.717, 1.165) is 37.6 Å². The third kappa shape index (κ3) is 8.39. The summed E-state index contributed by atoms with van der Waals surface area (Å²) in [6.45, 7) is 3.89. The summed E-state index contributed by atoms with van der Waals surface area (Å²) in [5.41, 5.74) is 2.27. The van der Waals surface area contributed by atoms with Crippen molar-refractivity contribution in [3.05, 3.63) is 62.9 Å². The molecule has 0 unspecified atom stereocenters. The Morgan fingerprint density at radius 3 is 1.48 bits per heavy atom. The first kappa shape index (κ1) is 22.6. The van der Waals surface area contributed by atoms with E-state index in [2.05, 4.69) is 46.0 Å². The predicted octanol–water partition coefficient (Wildman–Crippen LogP) is 2.06. The Hall–Kier alpha value is -0.650. The quantitative estimate of drug-likeness (QED) is 0.476. The Bertz CT molecular complexity index is 383. The van der Waals surface area contributed by atoms with Gasteiger partial charge < -0.3 is 34.6 Å². The standard InChI is InChI=1S/C14H20N4.2CH3.Hf/c1-17(11-13-5-3-7-15-13)9-10-18(2)12-14-6-4-8-16-14;;;/h3-8H,9-12H2,1-2H3;2*1H3;/q-2;2*-1;+4. The molecule has 4 nitrogen and oxygen atoms in total. The van der Waals surface area contributed by atoms with Gasteiger partial charge in [-0.05, 0) is 14.1 Å². The number of likely N-dealkylation sites (N-methyl/N-ethyl adjacent to an activating group) is 2. The van der Waals surface area contributed by atoms with E-state index in [1.165, 1.54) is 0 Å². The summed E-state index contributed by atoms with van der Waals surface area (Å²) >= 11 is 0. The second-order valence-corrected chi connectivity index (χ2v) is 4.73. The molecule has 0 aliphatic rings. The van der Waals surface area contributed by atoms with Crippen molar-refractivity contribution in [1.29, 1.82) is 0 Å². The smallest absolute Gasteiger partial charge is 0.667 e. The summed E-state index contributed by atoms with van der Waals surface area (Å²) in [5.74, 6) is 0. The van der Waals surface area contributed by atoms with Gasteiger partial charge in [0.15, 0.2) is 0 Å². The van der Waals surface area contributed by atoms with E-state index in [-0.39, 0.29) is 40.7 Å². The van der Waals surface area contributed by atoms with Crippen LogP contribution in [0.4, 0.5) is 0 Å². The van der Waals surface area contributed by atoms with Crippen LogP contribution in [0.2, 0.25) is 0 Å². The number of hydrogen-bond acceptors (Lipinski definition) is 2. The van der Waals surface area contributed by atoms with Crippen LogP contribution in [0.1, 0.15) is 11.4 Å². The second kappa shape index (κ2) is 12.0. The third-order valence-corrected chi connectivity index (χ3v) is 2.96. The number of aromatic nitrogens is 2. The van der Waals surface area contributed by atoms with Gasteiger partial charge in [0.25, 0.3) is 0 Å². The van der Waals surface area contributed by atoms with E-state index in [1.54, 1.807) is 0 Å². The average molecular weight is 453 g/mol. The summed E-state index contributed by atoms with van der Waals surface area (Å²) in [7, 11) is 4.26. The van der Waals surface area contributed by atoms with Gasteiger partial charge in [-0.1, -0.05) is 24.3 Å². The Kier molecular flexibility index (Phi) is 12.9. The molecule has 114 valence electrons. The molecule has 2 aromatic heterocycles. The Morgan fingerprint density at radius 2 is 1.19 bits per heavy atom. The third-order valence-electron chi connectivity index (χ3n) is 2.96. The van der Waals surface area contributed by atoms with Gasteiger partial charge in [0.1, 0.15) is 0 Å². The van der Waals surface area contributed by atoms with Crippen LogP contribution in [-0.2, 0) is 38.9 Å². The van der Waals surface area contributed by atoms with Crippen molar-refractivity contribution >= 4 is 0 Å². The molecular formula is C16H26HfN4. The molecule has 0 atom stereocenters. The molecule has 0 bridgehead atoms. The first-order chi connectivity index (χ1) is 8.74. The van der Waals surface area contributed by atoms with E-state index >= 15 is 0 Å². The van der Waals surface area contributed by atoms with Crippen LogP contribution in [0.3, 0.4) is 0 Å². The van der Waals surface area contributed by atoms with Crippen molar-refractivity contribution in [2.45, 2.75) is 13.1 Å². The molecule has 21 heavy (non-hydrogen) atoms. The maximum absolute atomic E-state index is 4.28. The fourth-order valence-corrected chi connectivity index (χ4v) is 1.91. The Balaban J connectivity index is 0. The fraction of sp³-hybridized carbons (Fsp3) is 0.375. The van der Waals surface area contributed by atoms with Crippen LogP contribution in [0.5, 0.6) is 0 Å². The fourth-order valence-electron chi connectivity index (χ4n) is 1.91. The Morgan fingerprint density at radius 1 is 0.810 bits per heavy atom. The van der Waals surface area contributed by atoms with Crippen LogP contribution in [-0.4, -0.2) is 37.0 Å². The van der Waals surface area contributed by atoms with Gasteiger partial charge in [-0.25, -0.2) is 0 Å². The SMILES string of the molecule is CN(CCN(C)Cc1ccc[n-]1)Cc1ccc[n-]1.[CH3-].[CH3-].[Hf+4]. The first-order valence-electron chi connectivity index (χ1n) is 6.24. The minimum atomic E-state index is 0. The number of nitrogens with zero attached hydrogens (tertiary/aromatic N) is 4. The van der Waals surface area contributed by atoms with Crippen LogP contribution < -0.4 is 9.97 Å². The second-order valence-electron chi connectivity index (χ2n) is 4.73. The monoisotopic (exact) mass is 454 g/mol. The van der Waals surface area contributed by atoms with Crippen molar-refractivity contribution in [2.75, 3.05) is 27.2 Å². The van der Waals surface area contributed by atoms with E-state index in [4.69, 9.17) is 0 Å². The van der Waals surface area contributed by atoms with E-state index in [0.29, 0.717) is 0 Å². The van der Waals surface area contributed by atoms with Crippen molar-refractivity contribution in [3.63, 3.8) is 0 Å². The first-order valence-corrected chi connectivity index (χ1v) is 6.24. The van der Waals surface area contributed by atoms with Gasteiger partial charge in [0, 0.05) is 26.2 Å². The molecule has 0 aliphatic heterocycles. The topological polar surface area (TPSA) is 34.7 Å². The number of rotatable bonds is 7. The normalized spacial score (nSPS) is 9.90. The molecule has 2 aromatic rings. The molecule has 0 aliphatic carbocycles. The summed E-state index contributed by atoms with van der Waals surface area (Å²) in [6.07, 6.45) is 3.69. The maximum atomic E-state index is 4.28. The van der Waals surface area contributed by atoms with Crippen LogP contribution in [0.15, 0.2) is 36.7 Å². The molecule has 0 saturated carbocycles. The van der Waals surface area contributed by atoms with Crippen molar-refractivity contribution in [1.82, 2.24) is 19.8 Å². The van der Waals surface area contributed by atoms with Crippen LogP contribution in [0.25, 0.3) is 0 Å². The average Bonchev–Trinajstić information content (AvgIpc) is 2.99. The van der Waals surface area contributed by atoms with Crippen molar-refractivity contribution in [3.8, 4) is 0 Å². The zero-order valence-electron chi connectivity index (χ0n) is 13.6. The van der Waals surface area contributed by atoms with E-state index in [9.17, 15) is 0 Å². The van der Waals surface area contributed by atoms with Gasteiger partial charge in [0.05, 0.1) is 0 Å². The molecule has 0 aromatic carbocycles. The maximum Gasteiger partial charge on any atom is 4.00 e. The molecule has 5 heteroatoms. The molecule has 0 N–H and O–H groups in total. The summed E-state index contributed by atoms with van der Waals surface area (Å²) < 4.78 is 0. The zero-order valence-corrected chi connectivity index (χ0v) is 17.2. The van der Waals surface area contributed by atoms with E-state index < -0.39 is 0 Å². The van der Waals surface area contributed by atoms with Crippen LogP contribution in [0, 0.1) is 14.9 Å². The molecule has 0 amide bonds. The van der Waals surface area contributed by atoms with Gasteiger partial charge in [0.2, 0.25) is 0 Å². The zero-order chi connectivity index (χ0) is 12.8. The molecule has 0 radical (unpaired) electrons. The number of hydrogen-bond donors (Lipinski definition) is 0.